The summed E-state index contributed by atoms with van der Waals surface area (Å²) in [5.41, 5.74) is 7.18. The molecule has 0 bridgehead atoms. The molecule has 0 N–H and O–H groups in total. The lowest BCUT2D eigenvalue weighted by atomic mass is 9.92. The molecule has 0 amide bonds. The van der Waals surface area contributed by atoms with Crippen LogP contribution in [0.2, 0.25) is 0 Å². The summed E-state index contributed by atoms with van der Waals surface area (Å²) in [6, 6.07) is 6.32. The van der Waals surface area contributed by atoms with Gasteiger partial charge >= 0.3 is 0 Å². The molecule has 178 valence electrons. The number of aromatic nitrogens is 2. The second-order valence-electron chi connectivity index (χ2n) is 7.00. The fourth-order valence-electron chi connectivity index (χ4n) is 2.69. The van der Waals surface area contributed by atoms with Crippen molar-refractivity contribution >= 4 is 0 Å². The second-order valence-corrected chi connectivity index (χ2v) is 7.00. The van der Waals surface area contributed by atoms with Gasteiger partial charge in [0.25, 0.3) is 0 Å². The van der Waals surface area contributed by atoms with Crippen LogP contribution in [0, 0.1) is 20.8 Å². The number of hydrogen-bond acceptors (Lipinski definition) is 4. The van der Waals surface area contributed by atoms with Gasteiger partial charge in [0.05, 0.1) is 25.5 Å². The SMILES string of the molecule is CC.CC.CC.COCc1nc(C)ccc1C.Cc1cnc(C(C)C)cc1C1COC1. The van der Waals surface area contributed by atoms with Crippen LogP contribution in [0.25, 0.3) is 0 Å². The number of ether oxygens (including phenoxy) is 2. The Bertz CT molecular complexity index is 696. The third kappa shape index (κ3) is 11.4. The summed E-state index contributed by atoms with van der Waals surface area (Å²) >= 11 is 0. The number of hydrogen-bond donors (Lipinski definition) is 0. The standard InChI is InChI=1S/C12H17NO.C9H13NO.3C2H6/c1-8(2)12-4-11(9(3)5-13-12)10-6-14-7-10;1-7-4-5-8(2)10-9(7)6-11-3;3*1-2/h4-5,8,10H,6-7H2,1-3H3;4-5H,6H2,1-3H3;3*1-2H3. The molecule has 0 aliphatic carbocycles. The maximum Gasteiger partial charge on any atom is 0.0886 e. The van der Waals surface area contributed by atoms with Crippen LogP contribution in [-0.2, 0) is 16.1 Å². The fraction of sp³-hybridized carbons (Fsp3) is 0.630. The van der Waals surface area contributed by atoms with Gasteiger partial charge in [-0.05, 0) is 55.5 Å². The van der Waals surface area contributed by atoms with Gasteiger partial charge in [-0.25, -0.2) is 0 Å². The van der Waals surface area contributed by atoms with Gasteiger partial charge < -0.3 is 9.47 Å². The van der Waals surface area contributed by atoms with Crippen LogP contribution in [-0.4, -0.2) is 30.3 Å². The molecule has 0 radical (unpaired) electrons. The lowest BCUT2D eigenvalue weighted by Gasteiger charge is -2.28. The Hall–Kier alpha value is -1.78. The first-order chi connectivity index (χ1) is 14.9. The Morgan fingerprint density at radius 1 is 0.968 bits per heavy atom. The fourth-order valence-corrected chi connectivity index (χ4v) is 2.69. The van der Waals surface area contributed by atoms with E-state index in [-0.39, 0.29) is 0 Å². The van der Waals surface area contributed by atoms with E-state index in [4.69, 9.17) is 9.47 Å². The Labute approximate surface area is 192 Å². The third-order valence-electron chi connectivity index (χ3n) is 4.46. The average Bonchev–Trinajstić information content (AvgIpc) is 2.76. The smallest absolute Gasteiger partial charge is 0.0886 e. The Morgan fingerprint density at radius 3 is 2.00 bits per heavy atom. The molecule has 2 aromatic heterocycles. The van der Waals surface area contributed by atoms with E-state index in [2.05, 4.69) is 42.9 Å². The van der Waals surface area contributed by atoms with Crippen molar-refractivity contribution in [2.24, 2.45) is 0 Å². The van der Waals surface area contributed by atoms with Crippen molar-refractivity contribution in [3.05, 3.63) is 58.2 Å². The summed E-state index contributed by atoms with van der Waals surface area (Å²) in [6.07, 6.45) is 1.99. The van der Waals surface area contributed by atoms with Crippen molar-refractivity contribution in [1.29, 1.82) is 0 Å². The van der Waals surface area contributed by atoms with Crippen molar-refractivity contribution in [2.75, 3.05) is 20.3 Å². The Balaban J connectivity index is 0. The van der Waals surface area contributed by atoms with E-state index in [0.29, 0.717) is 18.4 Å². The highest BCUT2D eigenvalue weighted by Gasteiger charge is 2.22. The van der Waals surface area contributed by atoms with Crippen LogP contribution >= 0.6 is 0 Å². The molecular formula is C27H48N2O2. The highest BCUT2D eigenvalue weighted by Crippen LogP contribution is 2.28. The van der Waals surface area contributed by atoms with Crippen LogP contribution in [0.1, 0.15) is 101 Å². The summed E-state index contributed by atoms with van der Waals surface area (Å²) in [6.45, 7) is 24.9. The molecule has 3 heterocycles. The Kier molecular flexibility index (Phi) is 19.2. The van der Waals surface area contributed by atoms with E-state index in [0.717, 1.165) is 24.6 Å². The molecule has 0 saturated carbocycles. The summed E-state index contributed by atoms with van der Waals surface area (Å²) in [5.74, 6) is 1.12. The monoisotopic (exact) mass is 432 g/mol. The first-order valence-electron chi connectivity index (χ1n) is 11.9. The molecule has 31 heavy (non-hydrogen) atoms. The minimum Gasteiger partial charge on any atom is -0.380 e. The van der Waals surface area contributed by atoms with Crippen LogP contribution in [0.5, 0.6) is 0 Å². The average molecular weight is 433 g/mol. The zero-order chi connectivity index (χ0) is 24.4. The molecule has 3 rings (SSSR count). The van der Waals surface area contributed by atoms with Crippen LogP contribution in [0.15, 0.2) is 24.4 Å². The van der Waals surface area contributed by atoms with Crippen LogP contribution in [0.4, 0.5) is 0 Å². The van der Waals surface area contributed by atoms with Gasteiger partial charge in [0.1, 0.15) is 0 Å². The minimum absolute atomic E-state index is 0.510. The predicted molar refractivity (Wildman–Crippen MR) is 135 cm³/mol. The van der Waals surface area contributed by atoms with E-state index >= 15 is 0 Å². The van der Waals surface area contributed by atoms with E-state index < -0.39 is 0 Å². The van der Waals surface area contributed by atoms with Gasteiger partial charge in [0.15, 0.2) is 0 Å². The maximum absolute atomic E-state index is 5.22. The zero-order valence-electron chi connectivity index (χ0n) is 22.3. The first-order valence-corrected chi connectivity index (χ1v) is 11.9. The summed E-state index contributed by atoms with van der Waals surface area (Å²) in [5, 5.41) is 0. The van der Waals surface area contributed by atoms with Crippen molar-refractivity contribution < 1.29 is 9.47 Å². The quantitative estimate of drug-likeness (QED) is 0.500. The van der Waals surface area contributed by atoms with E-state index in [1.165, 1.54) is 22.4 Å². The van der Waals surface area contributed by atoms with Crippen LogP contribution in [0.3, 0.4) is 0 Å². The number of pyridine rings is 2. The summed E-state index contributed by atoms with van der Waals surface area (Å²) in [7, 11) is 1.68. The normalized spacial score (nSPS) is 11.9. The van der Waals surface area contributed by atoms with Crippen molar-refractivity contribution in [3.8, 4) is 0 Å². The largest absolute Gasteiger partial charge is 0.380 e. The zero-order valence-corrected chi connectivity index (χ0v) is 22.3. The molecular weight excluding hydrogens is 384 g/mol. The number of rotatable bonds is 4. The maximum atomic E-state index is 5.22. The van der Waals surface area contributed by atoms with Crippen molar-refractivity contribution in [1.82, 2.24) is 9.97 Å². The number of nitrogens with zero attached hydrogens (tertiary/aromatic N) is 2. The molecule has 0 atom stereocenters. The second kappa shape index (κ2) is 18.9. The number of aryl methyl sites for hydroxylation is 3. The van der Waals surface area contributed by atoms with Crippen molar-refractivity contribution in [3.63, 3.8) is 0 Å². The lowest BCUT2D eigenvalue weighted by molar-refractivity contribution is 0.00810. The van der Waals surface area contributed by atoms with Gasteiger partial charge in [-0.2, -0.15) is 0 Å². The molecule has 1 fully saturated rings. The first kappa shape index (κ1) is 31.4. The van der Waals surface area contributed by atoms with E-state index in [9.17, 15) is 0 Å². The Morgan fingerprint density at radius 2 is 1.55 bits per heavy atom. The molecule has 4 nitrogen and oxygen atoms in total. The van der Waals surface area contributed by atoms with Gasteiger partial charge in [-0.1, -0.05) is 61.5 Å². The topological polar surface area (TPSA) is 44.2 Å². The molecule has 1 aliphatic heterocycles. The molecule has 0 aromatic carbocycles. The molecule has 4 heteroatoms. The lowest BCUT2D eigenvalue weighted by Crippen LogP contribution is -2.26. The molecule has 0 unspecified atom stereocenters. The van der Waals surface area contributed by atoms with E-state index in [1.807, 2.05) is 67.7 Å². The number of methoxy groups -OCH3 is 1. The van der Waals surface area contributed by atoms with Gasteiger partial charge in [-0.15, -0.1) is 0 Å². The van der Waals surface area contributed by atoms with Gasteiger partial charge in [0, 0.05) is 30.6 Å². The van der Waals surface area contributed by atoms with E-state index in [1.54, 1.807) is 7.11 Å². The summed E-state index contributed by atoms with van der Waals surface area (Å²) in [4.78, 5) is 8.78. The third-order valence-corrected chi connectivity index (χ3v) is 4.46. The van der Waals surface area contributed by atoms with Crippen molar-refractivity contribution in [2.45, 2.75) is 94.6 Å². The molecule has 0 spiro atoms. The summed E-state index contributed by atoms with van der Waals surface area (Å²) < 4.78 is 10.2. The molecule has 1 saturated heterocycles. The predicted octanol–water partition coefficient (Wildman–Crippen LogP) is 7.55. The highest BCUT2D eigenvalue weighted by molar-refractivity contribution is 5.31. The molecule has 2 aromatic rings. The minimum atomic E-state index is 0.510. The van der Waals surface area contributed by atoms with Crippen LogP contribution < -0.4 is 0 Å². The molecule has 1 aliphatic rings. The highest BCUT2D eigenvalue weighted by atomic mass is 16.5. The van der Waals surface area contributed by atoms with Gasteiger partial charge in [-0.3, -0.25) is 9.97 Å². The van der Waals surface area contributed by atoms with Gasteiger partial charge in [0.2, 0.25) is 0 Å².